The molecule has 6 heteroatoms. The molecular weight excluding hydrogens is 186 g/mol. The third kappa shape index (κ3) is 2.95. The maximum absolute atomic E-state index is 10.9. The Morgan fingerprint density at radius 2 is 2.00 bits per heavy atom. The standard InChI is InChI=1S/C8H15N3O3/c9-5-8(12)10-6-1-3-7(4-2-6)11(13)14/h6-7H,1-5,9H2,(H,10,12). The molecule has 1 amide bonds. The molecule has 6 nitrogen and oxygen atoms in total. The van der Waals surface area contributed by atoms with E-state index in [1.165, 1.54) is 0 Å². The van der Waals surface area contributed by atoms with Crippen LogP contribution in [-0.2, 0) is 4.79 Å². The molecule has 1 saturated carbocycles. The Bertz CT molecular complexity index is 224. The third-order valence-electron chi connectivity index (χ3n) is 2.55. The molecule has 1 fully saturated rings. The Labute approximate surface area is 82.0 Å². The maximum Gasteiger partial charge on any atom is 0.233 e. The number of carbonyl (C=O) groups is 1. The van der Waals surface area contributed by atoms with E-state index in [4.69, 9.17) is 5.73 Å². The lowest BCUT2D eigenvalue weighted by Crippen LogP contribution is -2.42. The van der Waals surface area contributed by atoms with Crippen LogP contribution in [0, 0.1) is 10.1 Å². The molecule has 1 aliphatic rings. The zero-order chi connectivity index (χ0) is 10.6. The lowest BCUT2D eigenvalue weighted by atomic mass is 9.91. The van der Waals surface area contributed by atoms with Crippen LogP contribution in [0.5, 0.6) is 0 Å². The first kappa shape index (κ1) is 10.9. The molecule has 14 heavy (non-hydrogen) atoms. The Kier molecular flexibility index (Phi) is 3.82. The Balaban J connectivity index is 2.29. The molecule has 1 rings (SSSR count). The quantitative estimate of drug-likeness (QED) is 0.481. The molecule has 0 bridgehead atoms. The Morgan fingerprint density at radius 3 is 2.43 bits per heavy atom. The zero-order valence-corrected chi connectivity index (χ0v) is 7.94. The predicted molar refractivity (Wildman–Crippen MR) is 50.2 cm³/mol. The molecule has 0 radical (unpaired) electrons. The fourth-order valence-corrected chi connectivity index (χ4v) is 1.72. The molecule has 0 aliphatic heterocycles. The highest BCUT2D eigenvalue weighted by molar-refractivity contribution is 5.78. The van der Waals surface area contributed by atoms with E-state index in [0.717, 1.165) is 0 Å². The summed E-state index contributed by atoms with van der Waals surface area (Å²) in [6.45, 7) is -0.0187. The van der Waals surface area contributed by atoms with Gasteiger partial charge in [-0.05, 0) is 12.8 Å². The summed E-state index contributed by atoms with van der Waals surface area (Å²) in [4.78, 5) is 21.1. The number of hydrogen-bond donors (Lipinski definition) is 2. The van der Waals surface area contributed by atoms with Gasteiger partial charge in [0, 0.05) is 23.8 Å². The molecule has 0 saturated heterocycles. The summed E-state index contributed by atoms with van der Waals surface area (Å²) in [7, 11) is 0. The second-order valence-electron chi connectivity index (χ2n) is 3.56. The van der Waals surface area contributed by atoms with Crippen molar-refractivity contribution >= 4 is 5.91 Å². The lowest BCUT2D eigenvalue weighted by Gasteiger charge is -2.24. The van der Waals surface area contributed by atoms with Gasteiger partial charge in [0.05, 0.1) is 6.54 Å². The van der Waals surface area contributed by atoms with Crippen molar-refractivity contribution in [1.29, 1.82) is 0 Å². The highest BCUT2D eigenvalue weighted by Gasteiger charge is 2.28. The Morgan fingerprint density at radius 1 is 1.43 bits per heavy atom. The first-order chi connectivity index (χ1) is 6.63. The molecule has 1 aliphatic carbocycles. The normalized spacial score (nSPS) is 26.9. The second-order valence-corrected chi connectivity index (χ2v) is 3.56. The van der Waals surface area contributed by atoms with Crippen molar-refractivity contribution in [3.05, 3.63) is 10.1 Å². The van der Waals surface area contributed by atoms with Gasteiger partial charge >= 0.3 is 0 Å². The van der Waals surface area contributed by atoms with Crippen LogP contribution < -0.4 is 11.1 Å². The number of carbonyl (C=O) groups excluding carboxylic acids is 1. The number of nitrogens with zero attached hydrogens (tertiary/aromatic N) is 1. The number of hydrogen-bond acceptors (Lipinski definition) is 4. The van der Waals surface area contributed by atoms with Gasteiger partial charge in [-0.1, -0.05) is 0 Å². The summed E-state index contributed by atoms with van der Waals surface area (Å²) in [6.07, 6.45) is 2.44. The van der Waals surface area contributed by atoms with Crippen LogP contribution in [-0.4, -0.2) is 29.5 Å². The molecule has 80 valence electrons. The average molecular weight is 201 g/mol. The van der Waals surface area contributed by atoms with Crippen LogP contribution in [0.2, 0.25) is 0 Å². The second kappa shape index (κ2) is 4.90. The SMILES string of the molecule is NCC(=O)NC1CCC([N+](=O)[O-])CC1. The number of amides is 1. The van der Waals surface area contributed by atoms with E-state index >= 15 is 0 Å². The van der Waals surface area contributed by atoms with Crippen molar-refractivity contribution in [2.45, 2.75) is 37.8 Å². The van der Waals surface area contributed by atoms with Crippen LogP contribution in [0.1, 0.15) is 25.7 Å². The molecule has 0 heterocycles. The molecule has 0 aromatic heterocycles. The predicted octanol–water partition coefficient (Wildman–Crippen LogP) is -0.351. The molecule has 3 N–H and O–H groups in total. The lowest BCUT2D eigenvalue weighted by molar-refractivity contribution is -0.526. The molecule has 0 aromatic carbocycles. The van der Waals surface area contributed by atoms with Gasteiger partial charge in [0.1, 0.15) is 0 Å². The van der Waals surface area contributed by atoms with Crippen molar-refractivity contribution in [1.82, 2.24) is 5.32 Å². The maximum atomic E-state index is 10.9. The third-order valence-corrected chi connectivity index (χ3v) is 2.55. The summed E-state index contributed by atoms with van der Waals surface area (Å²) >= 11 is 0. The summed E-state index contributed by atoms with van der Waals surface area (Å²) in [6, 6.07) is -0.358. The van der Waals surface area contributed by atoms with E-state index in [9.17, 15) is 14.9 Å². The number of rotatable bonds is 3. The summed E-state index contributed by atoms with van der Waals surface area (Å²) < 4.78 is 0. The van der Waals surface area contributed by atoms with Crippen molar-refractivity contribution < 1.29 is 9.72 Å². The van der Waals surface area contributed by atoms with Gasteiger partial charge in [-0.2, -0.15) is 0 Å². The van der Waals surface area contributed by atoms with Crippen molar-refractivity contribution in [2.75, 3.05) is 6.54 Å². The minimum absolute atomic E-state index is 0.0187. The average Bonchev–Trinajstić information content (AvgIpc) is 2.18. The van der Waals surface area contributed by atoms with E-state index in [2.05, 4.69) is 5.32 Å². The van der Waals surface area contributed by atoms with Crippen LogP contribution in [0.4, 0.5) is 0 Å². The molecule has 0 aromatic rings. The number of nitrogens with two attached hydrogens (primary N) is 1. The van der Waals surface area contributed by atoms with E-state index in [-0.39, 0.29) is 23.4 Å². The highest BCUT2D eigenvalue weighted by atomic mass is 16.6. The molecule has 0 spiro atoms. The first-order valence-corrected chi connectivity index (χ1v) is 4.76. The van der Waals surface area contributed by atoms with Gasteiger partial charge in [-0.25, -0.2) is 0 Å². The van der Waals surface area contributed by atoms with Crippen LogP contribution in [0.25, 0.3) is 0 Å². The minimum atomic E-state index is -0.430. The topological polar surface area (TPSA) is 98.3 Å². The fourth-order valence-electron chi connectivity index (χ4n) is 1.72. The molecular formula is C8H15N3O3. The zero-order valence-electron chi connectivity index (χ0n) is 7.94. The summed E-state index contributed by atoms with van der Waals surface area (Å²) in [5, 5.41) is 13.2. The fraction of sp³-hybridized carbons (Fsp3) is 0.875. The van der Waals surface area contributed by atoms with Crippen LogP contribution in [0.3, 0.4) is 0 Å². The number of nitrogens with one attached hydrogen (secondary N) is 1. The van der Waals surface area contributed by atoms with Crippen molar-refractivity contribution in [3.8, 4) is 0 Å². The number of nitro groups is 1. The molecule has 0 atom stereocenters. The summed E-state index contributed by atoms with van der Waals surface area (Å²) in [5.74, 6) is -0.186. The van der Waals surface area contributed by atoms with E-state index in [0.29, 0.717) is 25.7 Å². The minimum Gasteiger partial charge on any atom is -0.352 e. The molecule has 0 unspecified atom stereocenters. The first-order valence-electron chi connectivity index (χ1n) is 4.76. The van der Waals surface area contributed by atoms with Crippen molar-refractivity contribution in [2.24, 2.45) is 5.73 Å². The van der Waals surface area contributed by atoms with E-state index in [1.54, 1.807) is 0 Å². The van der Waals surface area contributed by atoms with Gasteiger partial charge in [-0.3, -0.25) is 14.9 Å². The largest absolute Gasteiger partial charge is 0.352 e. The van der Waals surface area contributed by atoms with Crippen molar-refractivity contribution in [3.63, 3.8) is 0 Å². The Hall–Kier alpha value is -1.17. The van der Waals surface area contributed by atoms with Gasteiger partial charge in [0.25, 0.3) is 0 Å². The van der Waals surface area contributed by atoms with Crippen LogP contribution >= 0.6 is 0 Å². The smallest absolute Gasteiger partial charge is 0.233 e. The van der Waals surface area contributed by atoms with E-state index < -0.39 is 6.04 Å². The highest BCUT2D eigenvalue weighted by Crippen LogP contribution is 2.20. The van der Waals surface area contributed by atoms with Gasteiger partial charge in [0.15, 0.2) is 0 Å². The van der Waals surface area contributed by atoms with Gasteiger partial charge in [-0.15, -0.1) is 0 Å². The monoisotopic (exact) mass is 201 g/mol. The van der Waals surface area contributed by atoms with Gasteiger partial charge < -0.3 is 11.1 Å². The summed E-state index contributed by atoms with van der Waals surface area (Å²) in [5.41, 5.74) is 5.14. The van der Waals surface area contributed by atoms with Crippen LogP contribution in [0.15, 0.2) is 0 Å². The van der Waals surface area contributed by atoms with Gasteiger partial charge in [0.2, 0.25) is 11.9 Å². The van der Waals surface area contributed by atoms with E-state index in [1.807, 2.05) is 0 Å².